The maximum absolute atomic E-state index is 6.37. The first kappa shape index (κ1) is 20.7. The summed E-state index contributed by atoms with van der Waals surface area (Å²) in [6.45, 7) is 6.50. The highest BCUT2D eigenvalue weighted by Crippen LogP contribution is 2.44. The lowest BCUT2D eigenvalue weighted by atomic mass is 9.97. The van der Waals surface area contributed by atoms with Crippen LogP contribution in [-0.4, -0.2) is 49.2 Å². The first-order valence-corrected chi connectivity index (χ1v) is 11.3. The van der Waals surface area contributed by atoms with E-state index in [4.69, 9.17) is 10.2 Å². The number of piperazine rings is 1. The first-order valence-electron chi connectivity index (χ1n) is 11.3. The van der Waals surface area contributed by atoms with E-state index in [2.05, 4.69) is 56.9 Å². The third-order valence-corrected chi connectivity index (χ3v) is 6.06. The summed E-state index contributed by atoms with van der Waals surface area (Å²) >= 11 is 0. The number of nitrogens with two attached hydrogens (primary N) is 1. The zero-order valence-electron chi connectivity index (χ0n) is 18.2. The van der Waals surface area contributed by atoms with Crippen molar-refractivity contribution in [3.05, 3.63) is 72.4 Å². The summed E-state index contributed by atoms with van der Waals surface area (Å²) in [4.78, 5) is 7.12. The Morgan fingerprint density at radius 3 is 2.34 bits per heavy atom. The molecule has 0 aliphatic carbocycles. The molecular weight excluding hydrogens is 398 g/mol. The van der Waals surface area contributed by atoms with E-state index in [0.29, 0.717) is 12.3 Å². The molecule has 5 rings (SSSR count). The zero-order valence-corrected chi connectivity index (χ0v) is 18.2. The number of nitrogens with one attached hydrogen (secondary N) is 2. The highest BCUT2D eigenvalue weighted by molar-refractivity contribution is 6.07. The number of pyridine rings is 1. The van der Waals surface area contributed by atoms with Gasteiger partial charge in [0.1, 0.15) is 5.76 Å². The third-order valence-electron chi connectivity index (χ3n) is 6.06. The van der Waals surface area contributed by atoms with Crippen LogP contribution in [0.4, 0.5) is 5.69 Å². The predicted molar refractivity (Wildman–Crippen MR) is 131 cm³/mol. The Kier molecular flexibility index (Phi) is 6.16. The van der Waals surface area contributed by atoms with Gasteiger partial charge in [-0.3, -0.25) is 4.90 Å². The summed E-state index contributed by atoms with van der Waals surface area (Å²) in [7, 11) is 0. The number of anilines is 1. The van der Waals surface area contributed by atoms with Gasteiger partial charge >= 0.3 is 0 Å². The monoisotopic (exact) mass is 427 g/mol. The lowest BCUT2D eigenvalue weighted by molar-refractivity contribution is 0.249. The molecule has 0 atom stereocenters. The van der Waals surface area contributed by atoms with Crippen molar-refractivity contribution < 1.29 is 4.42 Å². The van der Waals surface area contributed by atoms with Crippen LogP contribution in [0.15, 0.2) is 71.3 Å². The van der Waals surface area contributed by atoms with Crippen molar-refractivity contribution in [1.29, 1.82) is 0 Å². The summed E-state index contributed by atoms with van der Waals surface area (Å²) in [6.07, 6.45) is 1.84. The van der Waals surface area contributed by atoms with Crippen LogP contribution in [-0.2, 0) is 6.54 Å². The number of fused-ring (bicyclic) bond motifs is 1. The van der Waals surface area contributed by atoms with Crippen LogP contribution in [0, 0.1) is 0 Å². The zero-order chi connectivity index (χ0) is 21.8. The van der Waals surface area contributed by atoms with E-state index in [0.717, 1.165) is 78.4 Å². The fourth-order valence-corrected chi connectivity index (χ4v) is 4.41. The van der Waals surface area contributed by atoms with Gasteiger partial charge in [-0.05, 0) is 5.56 Å². The molecule has 6 nitrogen and oxygen atoms in total. The Balaban J connectivity index is 1.61. The van der Waals surface area contributed by atoms with Crippen molar-refractivity contribution in [2.45, 2.75) is 6.54 Å². The van der Waals surface area contributed by atoms with E-state index in [9.17, 15) is 0 Å². The third kappa shape index (κ3) is 4.12. The fraction of sp³-hybridized carbons (Fsp3) is 0.269. The highest BCUT2D eigenvalue weighted by Gasteiger charge is 2.23. The van der Waals surface area contributed by atoms with Crippen molar-refractivity contribution in [2.24, 2.45) is 5.73 Å². The van der Waals surface area contributed by atoms with E-state index in [1.54, 1.807) is 0 Å². The molecular formula is C26H29N5O. The van der Waals surface area contributed by atoms with Gasteiger partial charge in [0.25, 0.3) is 0 Å². The minimum absolute atomic E-state index is 0.416. The van der Waals surface area contributed by atoms with Crippen molar-refractivity contribution in [3.8, 4) is 22.5 Å². The molecule has 0 amide bonds. The molecule has 1 fully saturated rings. The number of rotatable bonds is 7. The van der Waals surface area contributed by atoms with Gasteiger partial charge in [-0.15, -0.1) is 0 Å². The molecule has 1 saturated heterocycles. The molecule has 2 aromatic carbocycles. The van der Waals surface area contributed by atoms with Gasteiger partial charge in [-0.1, -0.05) is 60.7 Å². The number of nitrogens with zero attached hydrogens (tertiary/aromatic N) is 2. The molecule has 6 heteroatoms. The number of hydrogen-bond acceptors (Lipinski definition) is 6. The van der Waals surface area contributed by atoms with Crippen molar-refractivity contribution in [2.75, 3.05) is 44.6 Å². The van der Waals surface area contributed by atoms with Crippen LogP contribution in [0.5, 0.6) is 0 Å². The molecule has 0 spiro atoms. The first-order chi connectivity index (χ1) is 15.8. The van der Waals surface area contributed by atoms with Gasteiger partial charge < -0.3 is 20.8 Å². The molecule has 32 heavy (non-hydrogen) atoms. The SMILES string of the molecule is NCc1cnc2oc(-c3ccccc3)c(-c3ccccc3)c2c1NCCN1CCNCC1. The Morgan fingerprint density at radius 1 is 0.969 bits per heavy atom. The van der Waals surface area contributed by atoms with E-state index in [1.165, 1.54) is 0 Å². The molecule has 3 heterocycles. The van der Waals surface area contributed by atoms with Crippen molar-refractivity contribution in [1.82, 2.24) is 15.2 Å². The summed E-state index contributed by atoms with van der Waals surface area (Å²) in [5, 5.41) is 8.10. The molecule has 0 unspecified atom stereocenters. The summed E-state index contributed by atoms with van der Waals surface area (Å²) in [6, 6.07) is 20.6. The summed E-state index contributed by atoms with van der Waals surface area (Å²) in [5.74, 6) is 0.832. The number of hydrogen-bond donors (Lipinski definition) is 3. The average Bonchev–Trinajstić information content (AvgIpc) is 3.26. The smallest absolute Gasteiger partial charge is 0.229 e. The molecule has 0 bridgehead atoms. The summed E-state index contributed by atoms with van der Waals surface area (Å²) in [5.41, 5.74) is 12.0. The fourth-order valence-electron chi connectivity index (χ4n) is 4.41. The molecule has 1 aliphatic heterocycles. The van der Waals surface area contributed by atoms with E-state index in [-0.39, 0.29) is 0 Å². The van der Waals surface area contributed by atoms with Crippen LogP contribution in [0.3, 0.4) is 0 Å². The van der Waals surface area contributed by atoms with Crippen LogP contribution in [0.1, 0.15) is 5.56 Å². The second kappa shape index (κ2) is 9.53. The predicted octanol–water partition coefficient (Wildman–Crippen LogP) is 3.94. The van der Waals surface area contributed by atoms with E-state index >= 15 is 0 Å². The van der Waals surface area contributed by atoms with Crippen LogP contribution in [0.25, 0.3) is 33.6 Å². The van der Waals surface area contributed by atoms with Gasteiger partial charge in [0.15, 0.2) is 0 Å². The Morgan fingerprint density at radius 2 is 1.66 bits per heavy atom. The van der Waals surface area contributed by atoms with Crippen LogP contribution in [0.2, 0.25) is 0 Å². The average molecular weight is 428 g/mol. The quantitative estimate of drug-likeness (QED) is 0.415. The normalized spacial score (nSPS) is 14.7. The van der Waals surface area contributed by atoms with Gasteiger partial charge in [-0.25, -0.2) is 4.98 Å². The van der Waals surface area contributed by atoms with Crippen LogP contribution >= 0.6 is 0 Å². The molecule has 164 valence electrons. The Labute approximate surface area is 188 Å². The minimum atomic E-state index is 0.416. The standard InChI is InChI=1S/C26H29N5O/c27-17-21-18-30-26-23(24(21)29-13-16-31-14-11-28-12-15-31)22(19-7-3-1-4-8-19)25(32-26)20-9-5-2-6-10-20/h1-10,18,28H,11-17,27H2,(H,29,30). The molecule has 4 aromatic rings. The summed E-state index contributed by atoms with van der Waals surface area (Å²) < 4.78 is 6.37. The van der Waals surface area contributed by atoms with Gasteiger partial charge in [0, 0.05) is 68.7 Å². The van der Waals surface area contributed by atoms with Gasteiger partial charge in [-0.2, -0.15) is 0 Å². The lowest BCUT2D eigenvalue weighted by Gasteiger charge is -2.27. The topological polar surface area (TPSA) is 79.3 Å². The van der Waals surface area contributed by atoms with E-state index < -0.39 is 0 Å². The van der Waals surface area contributed by atoms with Crippen LogP contribution < -0.4 is 16.4 Å². The molecule has 1 aliphatic rings. The maximum Gasteiger partial charge on any atom is 0.229 e. The number of benzene rings is 2. The second-order valence-electron chi connectivity index (χ2n) is 8.10. The number of aromatic nitrogens is 1. The largest absolute Gasteiger partial charge is 0.437 e. The van der Waals surface area contributed by atoms with Crippen molar-refractivity contribution in [3.63, 3.8) is 0 Å². The molecule has 2 aromatic heterocycles. The molecule has 0 saturated carbocycles. The lowest BCUT2D eigenvalue weighted by Crippen LogP contribution is -2.45. The van der Waals surface area contributed by atoms with Gasteiger partial charge in [0.05, 0.1) is 11.1 Å². The molecule has 0 radical (unpaired) electrons. The van der Waals surface area contributed by atoms with E-state index in [1.807, 2.05) is 30.5 Å². The second-order valence-corrected chi connectivity index (χ2v) is 8.10. The maximum atomic E-state index is 6.37. The number of furan rings is 1. The van der Waals surface area contributed by atoms with Gasteiger partial charge in [0.2, 0.25) is 5.71 Å². The highest BCUT2D eigenvalue weighted by atomic mass is 16.3. The van der Waals surface area contributed by atoms with Crippen molar-refractivity contribution >= 4 is 16.8 Å². The molecule has 4 N–H and O–H groups in total. The Bertz CT molecular complexity index is 1170. The minimum Gasteiger partial charge on any atom is -0.437 e. The Hall–Kier alpha value is -3.19.